The van der Waals surface area contributed by atoms with Gasteiger partial charge < -0.3 is 10.2 Å². The van der Waals surface area contributed by atoms with Crippen LogP contribution in [0.15, 0.2) is 12.1 Å². The topological polar surface area (TPSA) is 15.3 Å². The standard InChI is InChI=1S/C17H29ClN2S/c1-17(2,3)14-5-4-10-20(11-8-14)12-9-19-13-15-6-7-16(18)21-15/h6-7,14,19H,4-5,8-13H2,1-3H3. The molecule has 1 N–H and O–H groups in total. The zero-order chi connectivity index (χ0) is 15.3. The van der Waals surface area contributed by atoms with E-state index in [1.54, 1.807) is 11.3 Å². The number of rotatable bonds is 5. The summed E-state index contributed by atoms with van der Waals surface area (Å²) in [7, 11) is 0. The van der Waals surface area contributed by atoms with Crippen molar-refractivity contribution in [2.45, 2.75) is 46.6 Å². The Kier molecular flexibility index (Phi) is 6.54. The van der Waals surface area contributed by atoms with E-state index in [1.165, 1.54) is 37.2 Å². The second kappa shape index (κ2) is 7.96. The average Bonchev–Trinajstić information content (AvgIpc) is 2.68. The van der Waals surface area contributed by atoms with Gasteiger partial charge in [-0.25, -0.2) is 0 Å². The van der Waals surface area contributed by atoms with Crippen molar-refractivity contribution in [2.24, 2.45) is 11.3 Å². The van der Waals surface area contributed by atoms with Gasteiger partial charge in [-0.05, 0) is 55.8 Å². The summed E-state index contributed by atoms with van der Waals surface area (Å²) >= 11 is 7.62. The van der Waals surface area contributed by atoms with E-state index >= 15 is 0 Å². The predicted molar refractivity (Wildman–Crippen MR) is 94.3 cm³/mol. The lowest BCUT2D eigenvalue weighted by Gasteiger charge is -2.29. The minimum absolute atomic E-state index is 0.465. The maximum atomic E-state index is 5.95. The molecule has 2 rings (SSSR count). The Morgan fingerprint density at radius 3 is 2.76 bits per heavy atom. The van der Waals surface area contributed by atoms with Crippen molar-refractivity contribution in [3.63, 3.8) is 0 Å². The molecule has 1 aliphatic heterocycles. The van der Waals surface area contributed by atoms with Crippen molar-refractivity contribution >= 4 is 22.9 Å². The Balaban J connectivity index is 1.65. The van der Waals surface area contributed by atoms with Crippen molar-refractivity contribution in [1.29, 1.82) is 0 Å². The van der Waals surface area contributed by atoms with Crippen LogP contribution in [0.1, 0.15) is 44.9 Å². The monoisotopic (exact) mass is 328 g/mol. The third-order valence-corrected chi connectivity index (χ3v) is 5.81. The minimum atomic E-state index is 0.465. The molecule has 0 amide bonds. The van der Waals surface area contributed by atoms with E-state index in [-0.39, 0.29) is 0 Å². The average molecular weight is 329 g/mol. The van der Waals surface area contributed by atoms with Crippen molar-refractivity contribution < 1.29 is 0 Å². The Morgan fingerprint density at radius 1 is 1.29 bits per heavy atom. The fourth-order valence-electron chi connectivity index (χ4n) is 3.14. The number of likely N-dealkylation sites (tertiary alicyclic amines) is 1. The summed E-state index contributed by atoms with van der Waals surface area (Å²) in [5.74, 6) is 0.878. The SMILES string of the molecule is CC(C)(C)C1CCCN(CCNCc2ccc(Cl)s2)CC1. The number of nitrogens with one attached hydrogen (secondary N) is 1. The molecule has 2 heterocycles. The fraction of sp³-hybridized carbons (Fsp3) is 0.765. The molecular formula is C17H29ClN2S. The highest BCUT2D eigenvalue weighted by Crippen LogP contribution is 2.34. The van der Waals surface area contributed by atoms with Crippen molar-refractivity contribution in [2.75, 3.05) is 26.2 Å². The summed E-state index contributed by atoms with van der Waals surface area (Å²) in [5.41, 5.74) is 0.465. The molecule has 1 aromatic heterocycles. The van der Waals surface area contributed by atoms with E-state index in [1.807, 2.05) is 6.07 Å². The van der Waals surface area contributed by atoms with Crippen molar-refractivity contribution in [1.82, 2.24) is 10.2 Å². The van der Waals surface area contributed by atoms with Gasteiger partial charge in [-0.3, -0.25) is 0 Å². The summed E-state index contributed by atoms with van der Waals surface area (Å²) in [6, 6.07) is 4.09. The van der Waals surface area contributed by atoms with Crippen LogP contribution >= 0.6 is 22.9 Å². The lowest BCUT2D eigenvalue weighted by atomic mass is 9.77. The first-order chi connectivity index (χ1) is 9.95. The first kappa shape index (κ1) is 17.3. The van der Waals surface area contributed by atoms with E-state index in [0.717, 1.165) is 29.9 Å². The van der Waals surface area contributed by atoms with Gasteiger partial charge in [0.2, 0.25) is 0 Å². The van der Waals surface area contributed by atoms with Crippen LogP contribution in [0, 0.1) is 11.3 Å². The summed E-state index contributed by atoms with van der Waals surface area (Å²) in [4.78, 5) is 3.95. The summed E-state index contributed by atoms with van der Waals surface area (Å²) in [5, 5.41) is 3.53. The zero-order valence-electron chi connectivity index (χ0n) is 13.6. The molecule has 0 radical (unpaired) electrons. The van der Waals surface area contributed by atoms with Crippen LogP contribution < -0.4 is 5.32 Å². The Bertz CT molecular complexity index is 425. The molecule has 0 spiro atoms. The number of hydrogen-bond donors (Lipinski definition) is 1. The van der Waals surface area contributed by atoms with Gasteiger partial charge in [0.25, 0.3) is 0 Å². The maximum Gasteiger partial charge on any atom is 0.0931 e. The van der Waals surface area contributed by atoms with E-state index in [9.17, 15) is 0 Å². The van der Waals surface area contributed by atoms with Crippen LogP contribution in [0.5, 0.6) is 0 Å². The van der Waals surface area contributed by atoms with Gasteiger partial charge in [0.1, 0.15) is 0 Å². The van der Waals surface area contributed by atoms with Crippen LogP contribution in [0.2, 0.25) is 4.34 Å². The van der Waals surface area contributed by atoms with Gasteiger partial charge in [0.15, 0.2) is 0 Å². The molecule has 120 valence electrons. The smallest absolute Gasteiger partial charge is 0.0931 e. The molecule has 1 fully saturated rings. The molecule has 1 saturated heterocycles. The Labute approximate surface area is 138 Å². The second-order valence-corrected chi connectivity index (χ2v) is 9.02. The molecule has 1 aliphatic rings. The Morgan fingerprint density at radius 2 is 2.10 bits per heavy atom. The molecule has 0 saturated carbocycles. The molecule has 0 bridgehead atoms. The summed E-state index contributed by atoms with van der Waals surface area (Å²) in [6.07, 6.45) is 4.09. The molecular weight excluding hydrogens is 300 g/mol. The third kappa shape index (κ3) is 5.90. The molecule has 1 atom stereocenters. The van der Waals surface area contributed by atoms with Gasteiger partial charge in [-0.15, -0.1) is 11.3 Å². The zero-order valence-corrected chi connectivity index (χ0v) is 15.2. The van der Waals surface area contributed by atoms with Gasteiger partial charge in [-0.2, -0.15) is 0 Å². The van der Waals surface area contributed by atoms with Crippen LogP contribution in [-0.4, -0.2) is 31.1 Å². The number of nitrogens with zero attached hydrogens (tertiary/aromatic N) is 1. The van der Waals surface area contributed by atoms with Gasteiger partial charge in [-0.1, -0.05) is 32.4 Å². The molecule has 1 unspecified atom stereocenters. The molecule has 0 aromatic carbocycles. The summed E-state index contributed by atoms with van der Waals surface area (Å²) in [6.45, 7) is 12.9. The highest BCUT2D eigenvalue weighted by Gasteiger charge is 2.26. The number of halogens is 1. The van der Waals surface area contributed by atoms with Crippen LogP contribution in [0.25, 0.3) is 0 Å². The third-order valence-electron chi connectivity index (χ3n) is 4.58. The normalized spacial score (nSPS) is 21.4. The highest BCUT2D eigenvalue weighted by molar-refractivity contribution is 7.16. The van der Waals surface area contributed by atoms with E-state index in [0.29, 0.717) is 5.41 Å². The van der Waals surface area contributed by atoms with Gasteiger partial charge in [0, 0.05) is 24.5 Å². The fourth-order valence-corrected chi connectivity index (χ4v) is 4.20. The van der Waals surface area contributed by atoms with E-state index in [2.05, 4.69) is 37.1 Å². The molecule has 0 aliphatic carbocycles. The first-order valence-corrected chi connectivity index (χ1v) is 9.32. The minimum Gasteiger partial charge on any atom is -0.311 e. The quantitative estimate of drug-likeness (QED) is 0.792. The van der Waals surface area contributed by atoms with Gasteiger partial charge >= 0.3 is 0 Å². The highest BCUT2D eigenvalue weighted by atomic mass is 35.5. The maximum absolute atomic E-state index is 5.95. The van der Waals surface area contributed by atoms with Crippen LogP contribution in [0.3, 0.4) is 0 Å². The molecule has 1 aromatic rings. The lowest BCUT2D eigenvalue weighted by molar-refractivity contribution is 0.208. The largest absolute Gasteiger partial charge is 0.311 e. The predicted octanol–water partition coefficient (Wildman–Crippen LogP) is 4.64. The summed E-state index contributed by atoms with van der Waals surface area (Å²) < 4.78 is 0.882. The van der Waals surface area contributed by atoms with E-state index in [4.69, 9.17) is 11.6 Å². The van der Waals surface area contributed by atoms with Crippen LogP contribution in [-0.2, 0) is 6.54 Å². The molecule has 21 heavy (non-hydrogen) atoms. The number of thiophene rings is 1. The molecule has 2 nitrogen and oxygen atoms in total. The lowest BCUT2D eigenvalue weighted by Crippen LogP contribution is -2.33. The van der Waals surface area contributed by atoms with Crippen LogP contribution in [0.4, 0.5) is 0 Å². The molecule has 4 heteroatoms. The first-order valence-electron chi connectivity index (χ1n) is 8.12. The number of hydrogen-bond acceptors (Lipinski definition) is 3. The van der Waals surface area contributed by atoms with Gasteiger partial charge in [0.05, 0.1) is 4.34 Å². The van der Waals surface area contributed by atoms with Crippen molar-refractivity contribution in [3.8, 4) is 0 Å². The van der Waals surface area contributed by atoms with Crippen molar-refractivity contribution in [3.05, 3.63) is 21.3 Å². The Hall–Kier alpha value is -0.0900. The second-order valence-electron chi connectivity index (χ2n) is 7.22. The van der Waals surface area contributed by atoms with E-state index < -0.39 is 0 Å².